The van der Waals surface area contributed by atoms with Crippen molar-refractivity contribution in [3.63, 3.8) is 0 Å². The fraction of sp³-hybridized carbons (Fsp3) is 0.692. The molecule has 1 aliphatic carbocycles. The summed E-state index contributed by atoms with van der Waals surface area (Å²) in [7, 11) is 0. The number of rotatable bonds is 4. The number of halogens is 1. The van der Waals surface area contributed by atoms with E-state index >= 15 is 0 Å². The van der Waals surface area contributed by atoms with Crippen LogP contribution >= 0.6 is 11.6 Å². The highest BCUT2D eigenvalue weighted by Crippen LogP contribution is 2.25. The third-order valence-electron chi connectivity index (χ3n) is 3.34. The monoisotopic (exact) mass is 253 g/mol. The molecule has 17 heavy (non-hydrogen) atoms. The van der Waals surface area contributed by atoms with Gasteiger partial charge in [-0.1, -0.05) is 44.2 Å². The molecule has 0 spiro atoms. The van der Waals surface area contributed by atoms with Crippen molar-refractivity contribution in [1.29, 1.82) is 0 Å². The number of hydrogen-bond donors (Lipinski definition) is 1. The first-order valence-electron chi connectivity index (χ1n) is 6.57. The van der Waals surface area contributed by atoms with Crippen LogP contribution in [0.15, 0.2) is 6.33 Å². The van der Waals surface area contributed by atoms with Gasteiger partial charge in [-0.2, -0.15) is 0 Å². The van der Waals surface area contributed by atoms with E-state index in [4.69, 9.17) is 11.6 Å². The molecule has 1 fully saturated rings. The van der Waals surface area contributed by atoms with Gasteiger partial charge in [-0.25, -0.2) is 9.97 Å². The predicted molar refractivity (Wildman–Crippen MR) is 71.5 cm³/mol. The molecule has 0 saturated heterocycles. The Labute approximate surface area is 108 Å². The van der Waals surface area contributed by atoms with E-state index in [9.17, 15) is 0 Å². The largest absolute Gasteiger partial charge is 0.367 e. The molecule has 4 heteroatoms. The molecule has 1 N–H and O–H groups in total. The van der Waals surface area contributed by atoms with Gasteiger partial charge in [-0.05, 0) is 19.3 Å². The zero-order chi connectivity index (χ0) is 12.1. The van der Waals surface area contributed by atoms with Crippen LogP contribution in [0.2, 0.25) is 5.15 Å². The maximum absolute atomic E-state index is 6.13. The van der Waals surface area contributed by atoms with Crippen LogP contribution in [0.1, 0.15) is 51.0 Å². The fourth-order valence-electron chi connectivity index (χ4n) is 2.43. The summed E-state index contributed by atoms with van der Waals surface area (Å²) in [6.07, 6.45) is 10.0. The molecule has 0 aliphatic heterocycles. The van der Waals surface area contributed by atoms with Crippen molar-refractivity contribution in [1.82, 2.24) is 9.97 Å². The standard InChI is InChI=1S/C13H20ClN3/c1-2-6-11-12(14)15-9-16-13(11)17-10-7-4-3-5-8-10/h9-10H,2-8H2,1H3,(H,15,16,17). The molecule has 1 heterocycles. The molecule has 0 bridgehead atoms. The molecule has 1 aromatic heterocycles. The highest BCUT2D eigenvalue weighted by Gasteiger charge is 2.16. The molecular formula is C13H20ClN3. The Bertz CT molecular complexity index is 362. The van der Waals surface area contributed by atoms with Gasteiger partial charge in [0.05, 0.1) is 0 Å². The van der Waals surface area contributed by atoms with E-state index in [-0.39, 0.29) is 0 Å². The van der Waals surface area contributed by atoms with E-state index in [2.05, 4.69) is 22.2 Å². The van der Waals surface area contributed by atoms with Crippen LogP contribution in [0.4, 0.5) is 5.82 Å². The highest BCUT2D eigenvalue weighted by molar-refractivity contribution is 6.30. The SMILES string of the molecule is CCCc1c(Cl)ncnc1NC1CCCCC1. The molecular weight excluding hydrogens is 234 g/mol. The quantitative estimate of drug-likeness (QED) is 0.829. The number of hydrogen-bond acceptors (Lipinski definition) is 3. The van der Waals surface area contributed by atoms with Crippen LogP contribution in [-0.4, -0.2) is 16.0 Å². The van der Waals surface area contributed by atoms with Crippen LogP contribution in [0.25, 0.3) is 0 Å². The molecule has 0 aromatic carbocycles. The maximum Gasteiger partial charge on any atom is 0.137 e. The summed E-state index contributed by atoms with van der Waals surface area (Å²) >= 11 is 6.13. The topological polar surface area (TPSA) is 37.8 Å². The second-order valence-corrected chi connectivity index (χ2v) is 5.08. The number of aromatic nitrogens is 2. The van der Waals surface area contributed by atoms with Gasteiger partial charge in [-0.15, -0.1) is 0 Å². The average Bonchev–Trinajstić information content (AvgIpc) is 2.35. The van der Waals surface area contributed by atoms with E-state index in [0.29, 0.717) is 11.2 Å². The smallest absolute Gasteiger partial charge is 0.137 e. The normalized spacial score (nSPS) is 17.1. The third-order valence-corrected chi connectivity index (χ3v) is 3.66. The van der Waals surface area contributed by atoms with Gasteiger partial charge in [0.1, 0.15) is 17.3 Å². The van der Waals surface area contributed by atoms with Gasteiger partial charge in [0.25, 0.3) is 0 Å². The minimum atomic E-state index is 0.560. The van der Waals surface area contributed by atoms with Gasteiger partial charge in [0.15, 0.2) is 0 Å². The zero-order valence-corrected chi connectivity index (χ0v) is 11.1. The van der Waals surface area contributed by atoms with Gasteiger partial charge in [0, 0.05) is 11.6 Å². The van der Waals surface area contributed by atoms with E-state index in [0.717, 1.165) is 24.2 Å². The molecule has 0 radical (unpaired) electrons. The molecule has 94 valence electrons. The Hall–Kier alpha value is -0.830. The lowest BCUT2D eigenvalue weighted by Gasteiger charge is -2.24. The van der Waals surface area contributed by atoms with E-state index in [1.165, 1.54) is 32.1 Å². The summed E-state index contributed by atoms with van der Waals surface area (Å²) in [6.45, 7) is 2.15. The van der Waals surface area contributed by atoms with Crippen molar-refractivity contribution < 1.29 is 0 Å². The Morgan fingerprint density at radius 1 is 1.29 bits per heavy atom. The van der Waals surface area contributed by atoms with E-state index in [1.807, 2.05) is 0 Å². The molecule has 0 unspecified atom stereocenters. The second-order valence-electron chi connectivity index (χ2n) is 4.72. The van der Waals surface area contributed by atoms with Crippen molar-refractivity contribution in [3.8, 4) is 0 Å². The van der Waals surface area contributed by atoms with E-state index in [1.54, 1.807) is 6.33 Å². The van der Waals surface area contributed by atoms with Crippen molar-refractivity contribution in [2.24, 2.45) is 0 Å². The Morgan fingerprint density at radius 3 is 2.76 bits per heavy atom. The molecule has 0 atom stereocenters. The third kappa shape index (κ3) is 3.32. The maximum atomic E-state index is 6.13. The lowest BCUT2D eigenvalue weighted by atomic mass is 9.95. The summed E-state index contributed by atoms with van der Waals surface area (Å²) in [5.74, 6) is 0.943. The summed E-state index contributed by atoms with van der Waals surface area (Å²) in [5.41, 5.74) is 1.07. The van der Waals surface area contributed by atoms with Gasteiger partial charge < -0.3 is 5.32 Å². The first-order chi connectivity index (χ1) is 8.31. The molecule has 2 rings (SSSR count). The van der Waals surface area contributed by atoms with Crippen molar-refractivity contribution >= 4 is 17.4 Å². The Balaban J connectivity index is 2.10. The summed E-state index contributed by atoms with van der Waals surface area (Å²) in [6, 6.07) is 0.560. The Morgan fingerprint density at radius 2 is 2.06 bits per heavy atom. The fourth-order valence-corrected chi connectivity index (χ4v) is 2.65. The molecule has 1 saturated carbocycles. The van der Waals surface area contributed by atoms with Gasteiger partial charge in [0.2, 0.25) is 0 Å². The van der Waals surface area contributed by atoms with Crippen molar-refractivity contribution in [2.75, 3.05) is 5.32 Å². The number of anilines is 1. The lowest BCUT2D eigenvalue weighted by molar-refractivity contribution is 0.461. The first kappa shape index (κ1) is 12.6. The summed E-state index contributed by atoms with van der Waals surface area (Å²) in [5, 5.41) is 4.14. The predicted octanol–water partition coefficient (Wildman–Crippen LogP) is 3.83. The minimum Gasteiger partial charge on any atom is -0.367 e. The molecule has 1 aliphatic rings. The minimum absolute atomic E-state index is 0.560. The highest BCUT2D eigenvalue weighted by atomic mass is 35.5. The van der Waals surface area contributed by atoms with Crippen LogP contribution < -0.4 is 5.32 Å². The van der Waals surface area contributed by atoms with Gasteiger partial charge in [-0.3, -0.25) is 0 Å². The van der Waals surface area contributed by atoms with Crippen molar-refractivity contribution in [2.45, 2.75) is 57.9 Å². The summed E-state index contributed by atoms with van der Waals surface area (Å²) in [4.78, 5) is 8.41. The van der Waals surface area contributed by atoms with Crippen molar-refractivity contribution in [3.05, 3.63) is 17.0 Å². The average molecular weight is 254 g/mol. The zero-order valence-electron chi connectivity index (χ0n) is 10.4. The summed E-state index contributed by atoms with van der Waals surface area (Å²) < 4.78 is 0. The van der Waals surface area contributed by atoms with Crippen LogP contribution in [0.5, 0.6) is 0 Å². The van der Waals surface area contributed by atoms with Crippen LogP contribution in [0.3, 0.4) is 0 Å². The van der Waals surface area contributed by atoms with Crippen LogP contribution in [0, 0.1) is 0 Å². The molecule has 1 aromatic rings. The molecule has 0 amide bonds. The molecule has 3 nitrogen and oxygen atoms in total. The number of nitrogens with one attached hydrogen (secondary N) is 1. The first-order valence-corrected chi connectivity index (χ1v) is 6.95. The Kier molecular flexibility index (Phi) is 4.60. The second kappa shape index (κ2) is 6.20. The number of nitrogens with zero attached hydrogens (tertiary/aromatic N) is 2. The van der Waals surface area contributed by atoms with Crippen LogP contribution in [-0.2, 0) is 6.42 Å². The van der Waals surface area contributed by atoms with Gasteiger partial charge >= 0.3 is 0 Å². The lowest BCUT2D eigenvalue weighted by Crippen LogP contribution is -2.23. The van der Waals surface area contributed by atoms with E-state index < -0.39 is 0 Å².